The molecule has 1 unspecified atom stereocenters. The third kappa shape index (κ3) is 4.35. The van der Waals surface area contributed by atoms with Crippen molar-refractivity contribution in [3.8, 4) is 0 Å². The quantitative estimate of drug-likeness (QED) is 0.778. The van der Waals surface area contributed by atoms with E-state index in [-0.39, 0.29) is 12.6 Å². The predicted molar refractivity (Wildman–Crippen MR) is 73.8 cm³/mol. The van der Waals surface area contributed by atoms with E-state index in [0.29, 0.717) is 6.54 Å². The maximum Gasteiger partial charge on any atom is 0.315 e. The molecule has 0 saturated carbocycles. The first kappa shape index (κ1) is 13.5. The Morgan fingerprint density at radius 3 is 3.00 bits per heavy atom. The van der Waals surface area contributed by atoms with Crippen molar-refractivity contribution < 1.29 is 9.90 Å². The highest BCUT2D eigenvalue weighted by atomic mass is 32.1. The highest BCUT2D eigenvalue weighted by Gasteiger charge is 2.09. The first-order chi connectivity index (χ1) is 9.25. The molecule has 3 N–H and O–H groups in total. The smallest absolute Gasteiger partial charge is 0.315 e. The first-order valence-electron chi connectivity index (χ1n) is 5.86. The lowest BCUT2D eigenvalue weighted by molar-refractivity contribution is 0.173. The molecule has 0 spiro atoms. The minimum atomic E-state index is -0.671. The van der Waals surface area contributed by atoms with E-state index in [0.717, 1.165) is 11.1 Å². The van der Waals surface area contributed by atoms with Crippen molar-refractivity contribution >= 4 is 17.4 Å². The Kier molecular flexibility index (Phi) is 4.88. The predicted octanol–water partition coefficient (Wildman–Crippen LogP) is 1.68. The summed E-state index contributed by atoms with van der Waals surface area (Å²) in [5, 5.41) is 18.9. The number of aromatic nitrogens is 1. The number of urea groups is 1. The normalized spacial score (nSPS) is 11.8. The molecule has 5 nitrogen and oxygen atoms in total. The molecule has 2 amide bonds. The number of carbonyl (C=O) groups is 1. The fourth-order valence-electron chi connectivity index (χ4n) is 1.52. The van der Waals surface area contributed by atoms with Crippen LogP contribution in [0.4, 0.5) is 4.79 Å². The second-order valence-corrected chi connectivity index (χ2v) is 4.78. The largest absolute Gasteiger partial charge is 0.387 e. The number of carbonyl (C=O) groups excluding carboxylic acids is 1. The Labute approximate surface area is 115 Å². The number of amides is 2. The third-order valence-electron chi connectivity index (χ3n) is 2.56. The van der Waals surface area contributed by atoms with Crippen LogP contribution < -0.4 is 10.6 Å². The van der Waals surface area contributed by atoms with E-state index in [1.807, 2.05) is 29.0 Å². The molecule has 1 atom stereocenters. The van der Waals surface area contributed by atoms with Gasteiger partial charge in [0.05, 0.1) is 6.10 Å². The summed E-state index contributed by atoms with van der Waals surface area (Å²) < 4.78 is 0. The van der Waals surface area contributed by atoms with E-state index in [1.54, 1.807) is 12.4 Å². The van der Waals surface area contributed by atoms with Gasteiger partial charge in [-0.25, -0.2) is 4.79 Å². The topological polar surface area (TPSA) is 74.2 Å². The molecule has 0 aliphatic rings. The number of aliphatic hydroxyl groups excluding tert-OH is 1. The molecule has 19 heavy (non-hydrogen) atoms. The first-order valence-corrected chi connectivity index (χ1v) is 6.81. The van der Waals surface area contributed by atoms with Crippen LogP contribution in [0.15, 0.2) is 41.4 Å². The summed E-state index contributed by atoms with van der Waals surface area (Å²) in [5.74, 6) is 0. The summed E-state index contributed by atoms with van der Waals surface area (Å²) in [7, 11) is 0. The van der Waals surface area contributed by atoms with E-state index >= 15 is 0 Å². The summed E-state index contributed by atoms with van der Waals surface area (Å²) in [5.41, 5.74) is 1.74. The summed E-state index contributed by atoms with van der Waals surface area (Å²) in [6.45, 7) is 0.601. The molecule has 0 saturated heterocycles. The van der Waals surface area contributed by atoms with Gasteiger partial charge in [0.25, 0.3) is 0 Å². The van der Waals surface area contributed by atoms with Gasteiger partial charge in [-0.2, -0.15) is 11.3 Å². The van der Waals surface area contributed by atoms with Crippen LogP contribution in [-0.2, 0) is 6.54 Å². The van der Waals surface area contributed by atoms with Crippen LogP contribution in [-0.4, -0.2) is 22.7 Å². The lowest BCUT2D eigenvalue weighted by Gasteiger charge is -2.11. The van der Waals surface area contributed by atoms with Crippen molar-refractivity contribution in [1.82, 2.24) is 15.6 Å². The molecular weight excluding hydrogens is 262 g/mol. The standard InChI is InChI=1S/C13H15N3O2S/c17-12(11-3-5-19-9-11)8-16-13(18)15-7-10-2-1-4-14-6-10/h1-6,9,12,17H,7-8H2,(H2,15,16,18). The van der Waals surface area contributed by atoms with Gasteiger partial charge < -0.3 is 15.7 Å². The number of hydrogen-bond donors (Lipinski definition) is 3. The zero-order valence-corrected chi connectivity index (χ0v) is 11.1. The molecular formula is C13H15N3O2S. The van der Waals surface area contributed by atoms with E-state index in [4.69, 9.17) is 0 Å². The van der Waals surface area contributed by atoms with E-state index in [9.17, 15) is 9.90 Å². The lowest BCUT2D eigenvalue weighted by Crippen LogP contribution is -2.37. The Bertz CT molecular complexity index is 502. The van der Waals surface area contributed by atoms with Gasteiger partial charge in [-0.15, -0.1) is 0 Å². The van der Waals surface area contributed by atoms with E-state index in [1.165, 1.54) is 11.3 Å². The average molecular weight is 277 g/mol. The Balaban J connectivity index is 1.70. The van der Waals surface area contributed by atoms with E-state index < -0.39 is 6.10 Å². The lowest BCUT2D eigenvalue weighted by atomic mass is 10.2. The Morgan fingerprint density at radius 2 is 2.32 bits per heavy atom. The highest BCUT2D eigenvalue weighted by molar-refractivity contribution is 7.07. The maximum atomic E-state index is 11.5. The number of thiophene rings is 1. The molecule has 2 heterocycles. The molecule has 0 radical (unpaired) electrons. The monoisotopic (exact) mass is 277 g/mol. The summed E-state index contributed by atoms with van der Waals surface area (Å²) in [6.07, 6.45) is 2.71. The molecule has 0 bridgehead atoms. The second-order valence-electron chi connectivity index (χ2n) is 4.00. The van der Waals surface area contributed by atoms with Crippen molar-refractivity contribution in [1.29, 1.82) is 0 Å². The van der Waals surface area contributed by atoms with Gasteiger partial charge in [0.1, 0.15) is 0 Å². The maximum absolute atomic E-state index is 11.5. The van der Waals surface area contributed by atoms with Gasteiger partial charge in [-0.3, -0.25) is 4.98 Å². The van der Waals surface area contributed by atoms with Gasteiger partial charge in [-0.05, 0) is 34.0 Å². The van der Waals surface area contributed by atoms with Crippen molar-refractivity contribution in [2.24, 2.45) is 0 Å². The molecule has 2 aromatic heterocycles. The van der Waals surface area contributed by atoms with Crippen molar-refractivity contribution in [3.05, 3.63) is 52.5 Å². The molecule has 0 aliphatic heterocycles. The minimum Gasteiger partial charge on any atom is -0.387 e. The Morgan fingerprint density at radius 1 is 1.42 bits per heavy atom. The fraction of sp³-hybridized carbons (Fsp3) is 0.231. The van der Waals surface area contributed by atoms with Gasteiger partial charge in [0.2, 0.25) is 0 Å². The van der Waals surface area contributed by atoms with Crippen molar-refractivity contribution in [2.45, 2.75) is 12.6 Å². The van der Waals surface area contributed by atoms with Crippen LogP contribution in [0.25, 0.3) is 0 Å². The SMILES string of the molecule is O=C(NCc1cccnc1)NCC(O)c1ccsc1. The summed E-state index contributed by atoms with van der Waals surface area (Å²) in [4.78, 5) is 15.5. The molecule has 2 rings (SSSR count). The van der Waals surface area contributed by atoms with Crippen LogP contribution in [0.3, 0.4) is 0 Å². The third-order valence-corrected chi connectivity index (χ3v) is 3.26. The number of aliphatic hydroxyl groups is 1. The van der Waals surface area contributed by atoms with Crippen LogP contribution in [0.5, 0.6) is 0 Å². The number of pyridine rings is 1. The number of nitrogens with zero attached hydrogens (tertiary/aromatic N) is 1. The van der Waals surface area contributed by atoms with Gasteiger partial charge >= 0.3 is 6.03 Å². The zero-order chi connectivity index (χ0) is 13.5. The van der Waals surface area contributed by atoms with Gasteiger partial charge in [-0.1, -0.05) is 6.07 Å². The fourth-order valence-corrected chi connectivity index (χ4v) is 2.23. The van der Waals surface area contributed by atoms with Crippen LogP contribution in [0, 0.1) is 0 Å². The molecule has 6 heteroatoms. The molecule has 0 aromatic carbocycles. The molecule has 0 fully saturated rings. The van der Waals surface area contributed by atoms with Gasteiger partial charge in [0.15, 0.2) is 0 Å². The second kappa shape index (κ2) is 6.86. The summed E-state index contributed by atoms with van der Waals surface area (Å²) in [6, 6.07) is 5.23. The Hall–Kier alpha value is -1.92. The van der Waals surface area contributed by atoms with Crippen molar-refractivity contribution in [2.75, 3.05) is 6.54 Å². The van der Waals surface area contributed by atoms with Gasteiger partial charge in [0, 0.05) is 25.5 Å². The molecule has 2 aromatic rings. The number of hydrogen-bond acceptors (Lipinski definition) is 4. The van der Waals surface area contributed by atoms with Crippen LogP contribution >= 0.6 is 11.3 Å². The van der Waals surface area contributed by atoms with Crippen LogP contribution in [0.2, 0.25) is 0 Å². The number of rotatable bonds is 5. The summed E-state index contributed by atoms with van der Waals surface area (Å²) >= 11 is 1.51. The molecule has 100 valence electrons. The zero-order valence-electron chi connectivity index (χ0n) is 10.2. The average Bonchev–Trinajstić information content (AvgIpc) is 2.98. The molecule has 0 aliphatic carbocycles. The van der Waals surface area contributed by atoms with Crippen molar-refractivity contribution in [3.63, 3.8) is 0 Å². The highest BCUT2D eigenvalue weighted by Crippen LogP contribution is 2.14. The van der Waals surface area contributed by atoms with Crippen LogP contribution in [0.1, 0.15) is 17.2 Å². The number of nitrogens with one attached hydrogen (secondary N) is 2. The van der Waals surface area contributed by atoms with E-state index in [2.05, 4.69) is 15.6 Å². The minimum absolute atomic E-state index is 0.190.